The predicted octanol–water partition coefficient (Wildman–Crippen LogP) is 5.89. The number of fused-ring (bicyclic) bond motifs is 1. The van der Waals surface area contributed by atoms with Crippen molar-refractivity contribution < 1.29 is 18.7 Å². The van der Waals surface area contributed by atoms with Gasteiger partial charge in [-0.3, -0.25) is 4.79 Å². The van der Waals surface area contributed by atoms with Crippen molar-refractivity contribution in [2.45, 2.75) is 6.61 Å². The van der Waals surface area contributed by atoms with Crippen molar-refractivity contribution in [2.24, 2.45) is 5.10 Å². The van der Waals surface area contributed by atoms with Gasteiger partial charge in [0.1, 0.15) is 30.5 Å². The van der Waals surface area contributed by atoms with Crippen molar-refractivity contribution >= 4 is 22.9 Å². The first-order valence-corrected chi connectivity index (χ1v) is 10.7. The summed E-state index contributed by atoms with van der Waals surface area (Å²) in [7, 11) is 0. The third kappa shape index (κ3) is 5.66. The number of rotatable bonds is 9. The molecule has 0 aromatic heterocycles. The minimum absolute atomic E-state index is 0.270. The molecule has 34 heavy (non-hydrogen) atoms. The van der Waals surface area contributed by atoms with Crippen molar-refractivity contribution in [3.63, 3.8) is 0 Å². The molecular weight excluding hydrogens is 431 g/mol. The van der Waals surface area contributed by atoms with E-state index < -0.39 is 0 Å². The van der Waals surface area contributed by atoms with Gasteiger partial charge in [0.2, 0.25) is 0 Å². The first-order valence-electron chi connectivity index (χ1n) is 10.7. The number of nitrogens with zero attached hydrogens (tertiary/aromatic N) is 1. The molecule has 4 aromatic carbocycles. The average molecular weight is 455 g/mol. The number of hydrogen-bond acceptors (Lipinski definition) is 4. The fourth-order valence-corrected chi connectivity index (χ4v) is 3.35. The first kappa shape index (κ1) is 22.7. The Bertz CT molecular complexity index is 1320. The topological polar surface area (TPSA) is 59.9 Å². The Morgan fingerprint density at radius 2 is 1.71 bits per heavy atom. The van der Waals surface area contributed by atoms with Crippen LogP contribution in [0.2, 0.25) is 0 Å². The van der Waals surface area contributed by atoms with Crippen molar-refractivity contribution in [3.8, 4) is 11.5 Å². The predicted molar refractivity (Wildman–Crippen MR) is 132 cm³/mol. The Morgan fingerprint density at radius 3 is 2.47 bits per heavy atom. The summed E-state index contributed by atoms with van der Waals surface area (Å²) in [5, 5.41) is 6.11. The Morgan fingerprint density at radius 1 is 0.941 bits per heavy atom. The number of hydrogen-bond donors (Lipinski definition) is 1. The van der Waals surface area contributed by atoms with Gasteiger partial charge in [-0.25, -0.2) is 9.82 Å². The number of hydrazone groups is 1. The molecule has 5 nitrogen and oxygen atoms in total. The Hall–Kier alpha value is -4.45. The molecule has 0 spiro atoms. The normalized spacial score (nSPS) is 10.9. The number of amides is 1. The molecule has 170 valence electrons. The summed E-state index contributed by atoms with van der Waals surface area (Å²) in [6.45, 7) is 4.27. The summed E-state index contributed by atoms with van der Waals surface area (Å²) >= 11 is 0. The van der Waals surface area contributed by atoms with Gasteiger partial charge in [0.25, 0.3) is 5.91 Å². The van der Waals surface area contributed by atoms with E-state index in [1.54, 1.807) is 48.7 Å². The molecule has 0 aliphatic rings. The highest BCUT2D eigenvalue weighted by Gasteiger charge is 2.09. The summed E-state index contributed by atoms with van der Waals surface area (Å²) in [4.78, 5) is 12.5. The molecule has 0 fully saturated rings. The summed E-state index contributed by atoms with van der Waals surface area (Å²) in [6, 6.07) is 24.6. The smallest absolute Gasteiger partial charge is 0.271 e. The first-order chi connectivity index (χ1) is 16.6. The van der Waals surface area contributed by atoms with Crippen LogP contribution in [0.15, 0.2) is 103 Å². The largest absolute Gasteiger partial charge is 0.490 e. The third-order valence-electron chi connectivity index (χ3n) is 5.08. The minimum Gasteiger partial charge on any atom is -0.490 e. The summed E-state index contributed by atoms with van der Waals surface area (Å²) in [5.41, 5.74) is 4.58. The van der Waals surface area contributed by atoms with Gasteiger partial charge < -0.3 is 9.47 Å². The molecule has 0 saturated heterocycles. The van der Waals surface area contributed by atoms with Gasteiger partial charge in [0, 0.05) is 11.1 Å². The molecule has 1 amide bonds. The van der Waals surface area contributed by atoms with Gasteiger partial charge in [0.05, 0.1) is 6.21 Å². The second kappa shape index (κ2) is 10.9. The number of carbonyl (C=O) groups is 1. The molecule has 0 heterocycles. The van der Waals surface area contributed by atoms with Gasteiger partial charge in [-0.05, 0) is 58.8 Å². The molecule has 0 aliphatic heterocycles. The zero-order chi connectivity index (χ0) is 23.8. The summed E-state index contributed by atoms with van der Waals surface area (Å²) in [6.07, 6.45) is 3.22. The van der Waals surface area contributed by atoms with E-state index in [2.05, 4.69) is 17.1 Å². The lowest BCUT2D eigenvalue weighted by atomic mass is 10.0. The molecule has 4 rings (SSSR count). The number of nitrogens with one attached hydrogen (secondary N) is 1. The molecule has 0 atom stereocenters. The highest BCUT2D eigenvalue weighted by Crippen LogP contribution is 2.27. The van der Waals surface area contributed by atoms with Gasteiger partial charge in [-0.1, -0.05) is 55.1 Å². The van der Waals surface area contributed by atoms with Crippen LogP contribution in [0, 0.1) is 5.82 Å². The van der Waals surface area contributed by atoms with Crippen LogP contribution in [0.25, 0.3) is 10.8 Å². The van der Waals surface area contributed by atoms with Gasteiger partial charge in [-0.2, -0.15) is 5.10 Å². The zero-order valence-corrected chi connectivity index (χ0v) is 18.4. The Balaban J connectivity index is 1.51. The number of halogens is 1. The molecular formula is C28H23FN2O3. The molecule has 0 bridgehead atoms. The van der Waals surface area contributed by atoms with E-state index in [-0.39, 0.29) is 18.3 Å². The van der Waals surface area contributed by atoms with Crippen molar-refractivity contribution in [1.82, 2.24) is 5.43 Å². The number of benzene rings is 4. The van der Waals surface area contributed by atoms with Crippen LogP contribution in [0.3, 0.4) is 0 Å². The van der Waals surface area contributed by atoms with Crippen molar-refractivity contribution in [1.29, 1.82) is 0 Å². The van der Waals surface area contributed by atoms with Gasteiger partial charge in [0.15, 0.2) is 0 Å². The van der Waals surface area contributed by atoms with Crippen LogP contribution in [0.5, 0.6) is 11.5 Å². The minimum atomic E-state index is -0.347. The molecule has 0 radical (unpaired) electrons. The van der Waals surface area contributed by atoms with Crippen LogP contribution in [0.4, 0.5) is 4.39 Å². The number of carbonyl (C=O) groups excluding carboxylic acids is 1. The molecule has 4 aromatic rings. The fraction of sp³-hybridized carbons (Fsp3) is 0.0714. The standard InChI is InChI=1S/C28H23FN2O3/c1-2-17-33-24-14-9-22(10-15-24)28(32)31-30-18-26-25-6-4-3-5-21(25)11-16-27(26)34-19-20-7-12-23(29)13-8-20/h2-16,18H,1,17,19H2,(H,31,32)/b30-18-. The van der Waals surface area contributed by atoms with E-state index in [9.17, 15) is 9.18 Å². The number of ether oxygens (including phenoxy) is 2. The highest BCUT2D eigenvalue weighted by atomic mass is 19.1. The molecule has 1 N–H and O–H groups in total. The molecule has 0 aliphatic carbocycles. The zero-order valence-electron chi connectivity index (χ0n) is 18.4. The maximum absolute atomic E-state index is 13.2. The maximum atomic E-state index is 13.2. The van der Waals surface area contributed by atoms with E-state index in [4.69, 9.17) is 9.47 Å². The molecule has 0 unspecified atom stereocenters. The molecule has 6 heteroatoms. The Kier molecular flexibility index (Phi) is 7.30. The van der Waals surface area contributed by atoms with Crippen LogP contribution < -0.4 is 14.9 Å². The molecule has 0 saturated carbocycles. The van der Waals surface area contributed by atoms with Crippen LogP contribution in [-0.2, 0) is 6.61 Å². The van der Waals surface area contributed by atoms with Crippen molar-refractivity contribution in [3.05, 3.63) is 120 Å². The Labute approximate surface area is 197 Å². The van der Waals surface area contributed by atoms with E-state index >= 15 is 0 Å². The second-order valence-corrected chi connectivity index (χ2v) is 7.44. The quantitative estimate of drug-likeness (QED) is 0.195. The van der Waals surface area contributed by atoms with E-state index in [0.29, 0.717) is 23.7 Å². The summed E-state index contributed by atoms with van der Waals surface area (Å²) < 4.78 is 24.6. The highest BCUT2D eigenvalue weighted by molar-refractivity contribution is 6.03. The average Bonchev–Trinajstić information content (AvgIpc) is 2.88. The summed E-state index contributed by atoms with van der Waals surface area (Å²) in [5.74, 6) is 0.612. The van der Waals surface area contributed by atoms with E-state index in [1.807, 2.05) is 36.4 Å². The van der Waals surface area contributed by atoms with E-state index in [1.165, 1.54) is 12.1 Å². The third-order valence-corrected chi connectivity index (χ3v) is 5.08. The van der Waals surface area contributed by atoms with E-state index in [0.717, 1.165) is 21.9 Å². The van der Waals surface area contributed by atoms with Crippen LogP contribution in [0.1, 0.15) is 21.5 Å². The lowest BCUT2D eigenvalue weighted by molar-refractivity contribution is 0.0955. The van der Waals surface area contributed by atoms with Crippen LogP contribution in [-0.4, -0.2) is 18.7 Å². The van der Waals surface area contributed by atoms with Gasteiger partial charge >= 0.3 is 0 Å². The maximum Gasteiger partial charge on any atom is 0.271 e. The fourth-order valence-electron chi connectivity index (χ4n) is 3.35. The van der Waals surface area contributed by atoms with Crippen molar-refractivity contribution in [2.75, 3.05) is 6.61 Å². The SMILES string of the molecule is C=CCOc1ccc(C(=O)N/N=C\c2c(OCc3ccc(F)cc3)ccc3ccccc23)cc1. The second-order valence-electron chi connectivity index (χ2n) is 7.44. The van der Waals surface area contributed by atoms with Gasteiger partial charge in [-0.15, -0.1) is 0 Å². The lowest BCUT2D eigenvalue weighted by Gasteiger charge is -2.12. The lowest BCUT2D eigenvalue weighted by Crippen LogP contribution is -2.17. The van der Waals surface area contributed by atoms with Crippen LogP contribution >= 0.6 is 0 Å². The monoisotopic (exact) mass is 454 g/mol.